The van der Waals surface area contributed by atoms with Crippen LogP contribution in [0.25, 0.3) is 0 Å². The highest BCUT2D eigenvalue weighted by atomic mass is 16.3. The minimum Gasteiger partial charge on any atom is -0.363 e. The highest BCUT2D eigenvalue weighted by Gasteiger charge is 2.45. The number of carbonyl (C=O) groups excluding carboxylic acids is 2. The van der Waals surface area contributed by atoms with Crippen LogP contribution in [0.4, 0.5) is 4.79 Å². The summed E-state index contributed by atoms with van der Waals surface area (Å²) >= 11 is 0. The van der Waals surface area contributed by atoms with E-state index in [0.717, 1.165) is 17.7 Å². The van der Waals surface area contributed by atoms with Crippen LogP contribution in [0.2, 0.25) is 0 Å². The first-order valence-electron chi connectivity index (χ1n) is 4.35. The van der Waals surface area contributed by atoms with E-state index in [-0.39, 0.29) is 0 Å². The molecule has 0 aromatic carbocycles. The van der Waals surface area contributed by atoms with E-state index in [1.807, 2.05) is 6.92 Å². The van der Waals surface area contributed by atoms with E-state index in [0.29, 0.717) is 6.54 Å². The van der Waals surface area contributed by atoms with Gasteiger partial charge in [0.25, 0.3) is 5.91 Å². The zero-order chi connectivity index (χ0) is 10.1. The maximum atomic E-state index is 11.3. The smallest absolute Gasteiger partial charge is 0.326 e. The van der Waals surface area contributed by atoms with Crippen LogP contribution in [-0.4, -0.2) is 34.2 Å². The first-order chi connectivity index (χ1) is 5.99. The van der Waals surface area contributed by atoms with E-state index in [4.69, 9.17) is 0 Å². The van der Waals surface area contributed by atoms with Crippen molar-refractivity contribution in [3.63, 3.8) is 0 Å². The Morgan fingerprint density at radius 2 is 2.15 bits per heavy atom. The normalized spacial score (nSPS) is 28.1. The van der Waals surface area contributed by atoms with Crippen molar-refractivity contribution in [1.29, 1.82) is 0 Å². The van der Waals surface area contributed by atoms with Crippen molar-refractivity contribution in [1.82, 2.24) is 10.2 Å². The number of rotatable bonds is 3. The van der Waals surface area contributed by atoms with Crippen LogP contribution in [0.15, 0.2) is 0 Å². The Balaban J connectivity index is 2.66. The van der Waals surface area contributed by atoms with Gasteiger partial charge in [0, 0.05) is 6.54 Å². The second-order valence-corrected chi connectivity index (χ2v) is 3.31. The van der Waals surface area contributed by atoms with E-state index in [1.165, 1.54) is 6.92 Å². The molecule has 1 saturated heterocycles. The average Bonchev–Trinajstić information content (AvgIpc) is 2.21. The number of urea groups is 1. The van der Waals surface area contributed by atoms with Crippen LogP contribution in [0.3, 0.4) is 0 Å². The molecule has 74 valence electrons. The maximum absolute atomic E-state index is 11.3. The average molecular weight is 186 g/mol. The predicted octanol–water partition coefficient (Wildman–Crippen LogP) is 0.0468. The Labute approximate surface area is 76.7 Å². The fourth-order valence-electron chi connectivity index (χ4n) is 1.20. The summed E-state index contributed by atoms with van der Waals surface area (Å²) in [5.41, 5.74) is -1.72. The predicted molar refractivity (Wildman–Crippen MR) is 45.8 cm³/mol. The van der Waals surface area contributed by atoms with Crippen LogP contribution in [0, 0.1) is 0 Å². The van der Waals surface area contributed by atoms with Gasteiger partial charge in [0.05, 0.1) is 0 Å². The minimum atomic E-state index is -1.72. The summed E-state index contributed by atoms with van der Waals surface area (Å²) in [6, 6.07) is -0.511. The topological polar surface area (TPSA) is 69.6 Å². The van der Waals surface area contributed by atoms with E-state index in [9.17, 15) is 14.7 Å². The van der Waals surface area contributed by atoms with Crippen molar-refractivity contribution in [2.75, 3.05) is 6.54 Å². The summed E-state index contributed by atoms with van der Waals surface area (Å²) in [5, 5.41) is 11.6. The zero-order valence-electron chi connectivity index (χ0n) is 7.83. The SMILES string of the molecule is CCCCN1C(=O)NC(C)(O)C1=O. The standard InChI is InChI=1S/C8H14N2O3/c1-3-4-5-10-6(11)8(2,13)9-7(10)12/h13H,3-5H2,1-2H3,(H,9,12). The van der Waals surface area contributed by atoms with Crippen LogP contribution in [0.5, 0.6) is 0 Å². The molecule has 0 aliphatic carbocycles. The largest absolute Gasteiger partial charge is 0.363 e. The number of hydrogen-bond donors (Lipinski definition) is 2. The fourth-order valence-corrected chi connectivity index (χ4v) is 1.20. The van der Waals surface area contributed by atoms with Crippen molar-refractivity contribution in [3.05, 3.63) is 0 Å². The quantitative estimate of drug-likeness (QED) is 0.612. The van der Waals surface area contributed by atoms with Gasteiger partial charge in [-0.25, -0.2) is 4.79 Å². The second kappa shape index (κ2) is 3.33. The Morgan fingerprint density at radius 1 is 1.54 bits per heavy atom. The molecule has 1 atom stereocenters. The summed E-state index contributed by atoms with van der Waals surface area (Å²) in [7, 11) is 0. The third-order valence-electron chi connectivity index (χ3n) is 1.99. The first-order valence-corrected chi connectivity index (χ1v) is 4.35. The lowest BCUT2D eigenvalue weighted by Crippen LogP contribution is -2.43. The van der Waals surface area contributed by atoms with Gasteiger partial charge in [-0.15, -0.1) is 0 Å². The van der Waals surface area contributed by atoms with Gasteiger partial charge in [-0.3, -0.25) is 9.69 Å². The molecule has 0 saturated carbocycles. The number of aliphatic hydroxyl groups is 1. The molecule has 0 radical (unpaired) electrons. The fraction of sp³-hybridized carbons (Fsp3) is 0.750. The van der Waals surface area contributed by atoms with Crippen LogP contribution in [-0.2, 0) is 4.79 Å². The highest BCUT2D eigenvalue weighted by Crippen LogP contribution is 2.14. The summed E-state index contributed by atoms with van der Waals surface area (Å²) in [5.74, 6) is -0.564. The minimum absolute atomic E-state index is 0.372. The lowest BCUT2D eigenvalue weighted by Gasteiger charge is -2.14. The van der Waals surface area contributed by atoms with Gasteiger partial charge in [-0.2, -0.15) is 0 Å². The van der Waals surface area contributed by atoms with E-state index >= 15 is 0 Å². The molecule has 1 aliphatic heterocycles. The zero-order valence-corrected chi connectivity index (χ0v) is 7.83. The van der Waals surface area contributed by atoms with Crippen LogP contribution in [0.1, 0.15) is 26.7 Å². The highest BCUT2D eigenvalue weighted by molar-refractivity contribution is 6.05. The van der Waals surface area contributed by atoms with E-state index < -0.39 is 17.7 Å². The third kappa shape index (κ3) is 1.80. The van der Waals surface area contributed by atoms with Gasteiger partial charge in [0.2, 0.25) is 5.72 Å². The number of carbonyl (C=O) groups is 2. The second-order valence-electron chi connectivity index (χ2n) is 3.31. The van der Waals surface area contributed by atoms with Gasteiger partial charge >= 0.3 is 6.03 Å². The Morgan fingerprint density at radius 3 is 2.54 bits per heavy atom. The van der Waals surface area contributed by atoms with Crippen molar-refractivity contribution in [2.24, 2.45) is 0 Å². The van der Waals surface area contributed by atoms with E-state index in [2.05, 4.69) is 5.32 Å². The number of nitrogens with one attached hydrogen (secondary N) is 1. The van der Waals surface area contributed by atoms with Crippen LogP contribution >= 0.6 is 0 Å². The van der Waals surface area contributed by atoms with Gasteiger partial charge < -0.3 is 10.4 Å². The van der Waals surface area contributed by atoms with Gasteiger partial charge in [-0.05, 0) is 13.3 Å². The lowest BCUT2D eigenvalue weighted by molar-refractivity contribution is -0.142. The van der Waals surface area contributed by atoms with Crippen LogP contribution < -0.4 is 5.32 Å². The summed E-state index contributed by atoms with van der Waals surface area (Å²) in [6.45, 7) is 3.62. The molecule has 1 heterocycles. The molecule has 1 fully saturated rings. The Bertz CT molecular complexity index is 238. The summed E-state index contributed by atoms with van der Waals surface area (Å²) in [6.07, 6.45) is 1.66. The lowest BCUT2D eigenvalue weighted by atomic mass is 10.2. The molecule has 13 heavy (non-hydrogen) atoms. The molecule has 0 bridgehead atoms. The monoisotopic (exact) mass is 186 g/mol. The van der Waals surface area contributed by atoms with Crippen molar-refractivity contribution in [2.45, 2.75) is 32.4 Å². The molecular formula is C8H14N2O3. The summed E-state index contributed by atoms with van der Waals surface area (Å²) < 4.78 is 0. The molecule has 5 heteroatoms. The molecule has 1 rings (SSSR count). The molecule has 0 aromatic heterocycles. The van der Waals surface area contributed by atoms with Crippen molar-refractivity contribution in [3.8, 4) is 0 Å². The Kier molecular flexibility index (Phi) is 2.56. The number of unbranched alkanes of at least 4 members (excludes halogenated alkanes) is 1. The van der Waals surface area contributed by atoms with Gasteiger partial charge in [-0.1, -0.05) is 13.3 Å². The molecule has 0 spiro atoms. The number of nitrogens with zero attached hydrogens (tertiary/aromatic N) is 1. The van der Waals surface area contributed by atoms with Crippen molar-refractivity contribution >= 4 is 11.9 Å². The molecule has 5 nitrogen and oxygen atoms in total. The Hall–Kier alpha value is -1.10. The van der Waals surface area contributed by atoms with E-state index in [1.54, 1.807) is 0 Å². The molecule has 0 aromatic rings. The van der Waals surface area contributed by atoms with Gasteiger partial charge in [0.15, 0.2) is 0 Å². The first kappa shape index (κ1) is 9.98. The van der Waals surface area contributed by atoms with Gasteiger partial charge in [0.1, 0.15) is 0 Å². The van der Waals surface area contributed by atoms with Crippen molar-refractivity contribution < 1.29 is 14.7 Å². The third-order valence-corrected chi connectivity index (χ3v) is 1.99. The molecular weight excluding hydrogens is 172 g/mol. The number of amides is 3. The maximum Gasteiger partial charge on any atom is 0.326 e. The molecule has 2 N–H and O–H groups in total. The molecule has 3 amide bonds. The number of imide groups is 1. The molecule has 1 aliphatic rings. The number of hydrogen-bond acceptors (Lipinski definition) is 3. The molecule has 1 unspecified atom stereocenters. The summed E-state index contributed by atoms with van der Waals surface area (Å²) in [4.78, 5) is 23.5.